The summed E-state index contributed by atoms with van der Waals surface area (Å²) in [7, 11) is 0. The SMILES string of the molecule is Cc1ccc(C(C)(C)CNC(=O)Cc2cccc(C)c2)cc1. The number of aryl methyl sites for hydroxylation is 2. The maximum Gasteiger partial charge on any atom is 0.224 e. The molecule has 0 aliphatic carbocycles. The Labute approximate surface area is 133 Å². The molecule has 2 heteroatoms. The molecule has 1 N–H and O–H groups in total. The number of hydrogen-bond acceptors (Lipinski definition) is 1. The topological polar surface area (TPSA) is 29.1 Å². The van der Waals surface area contributed by atoms with E-state index in [-0.39, 0.29) is 11.3 Å². The van der Waals surface area contributed by atoms with Crippen LogP contribution >= 0.6 is 0 Å². The Balaban J connectivity index is 1.93. The van der Waals surface area contributed by atoms with Crippen LogP contribution in [0.25, 0.3) is 0 Å². The molecule has 2 aromatic carbocycles. The molecule has 0 spiro atoms. The van der Waals surface area contributed by atoms with Crippen LogP contribution in [-0.2, 0) is 16.6 Å². The number of amides is 1. The van der Waals surface area contributed by atoms with Gasteiger partial charge >= 0.3 is 0 Å². The summed E-state index contributed by atoms with van der Waals surface area (Å²) >= 11 is 0. The molecular weight excluding hydrogens is 270 g/mol. The fraction of sp³-hybridized carbons (Fsp3) is 0.350. The summed E-state index contributed by atoms with van der Waals surface area (Å²) in [6.45, 7) is 9.08. The van der Waals surface area contributed by atoms with Crippen molar-refractivity contribution in [2.24, 2.45) is 0 Å². The van der Waals surface area contributed by atoms with Gasteiger partial charge in [-0.2, -0.15) is 0 Å². The largest absolute Gasteiger partial charge is 0.355 e. The minimum atomic E-state index is -0.0734. The van der Waals surface area contributed by atoms with Crippen molar-refractivity contribution in [3.8, 4) is 0 Å². The number of rotatable bonds is 5. The van der Waals surface area contributed by atoms with E-state index in [1.165, 1.54) is 16.7 Å². The van der Waals surface area contributed by atoms with Gasteiger partial charge in [0.2, 0.25) is 5.91 Å². The van der Waals surface area contributed by atoms with E-state index in [1.807, 2.05) is 25.1 Å². The van der Waals surface area contributed by atoms with Gasteiger partial charge in [-0.1, -0.05) is 73.5 Å². The predicted octanol–water partition coefficient (Wildman–Crippen LogP) is 3.94. The summed E-state index contributed by atoms with van der Waals surface area (Å²) in [5, 5.41) is 3.07. The van der Waals surface area contributed by atoms with Gasteiger partial charge in [-0.3, -0.25) is 4.79 Å². The summed E-state index contributed by atoms with van der Waals surface area (Å²) in [5.41, 5.74) is 4.67. The van der Waals surface area contributed by atoms with Gasteiger partial charge < -0.3 is 5.32 Å². The molecular formula is C20H25NO. The third kappa shape index (κ3) is 4.45. The summed E-state index contributed by atoms with van der Waals surface area (Å²) in [4.78, 5) is 12.1. The molecule has 0 fully saturated rings. The molecule has 22 heavy (non-hydrogen) atoms. The molecule has 116 valence electrons. The van der Waals surface area contributed by atoms with Gasteiger partial charge in [0.15, 0.2) is 0 Å². The quantitative estimate of drug-likeness (QED) is 0.889. The van der Waals surface area contributed by atoms with Gasteiger partial charge in [0, 0.05) is 12.0 Å². The van der Waals surface area contributed by atoms with Gasteiger partial charge in [-0.15, -0.1) is 0 Å². The molecule has 0 aliphatic rings. The van der Waals surface area contributed by atoms with E-state index in [9.17, 15) is 4.79 Å². The van der Waals surface area contributed by atoms with Gasteiger partial charge in [0.1, 0.15) is 0 Å². The number of carbonyl (C=O) groups excluding carboxylic acids is 1. The Morgan fingerprint density at radius 2 is 1.68 bits per heavy atom. The van der Waals surface area contributed by atoms with E-state index in [4.69, 9.17) is 0 Å². The molecule has 0 saturated heterocycles. The summed E-state index contributed by atoms with van der Waals surface area (Å²) in [6, 6.07) is 16.6. The Morgan fingerprint density at radius 3 is 2.32 bits per heavy atom. The normalized spacial score (nSPS) is 11.3. The first-order chi connectivity index (χ1) is 10.4. The Hall–Kier alpha value is -2.09. The molecule has 0 radical (unpaired) electrons. The second kappa shape index (κ2) is 6.78. The lowest BCUT2D eigenvalue weighted by molar-refractivity contribution is -0.120. The number of hydrogen-bond donors (Lipinski definition) is 1. The van der Waals surface area contributed by atoms with E-state index in [0.717, 1.165) is 5.56 Å². The first kappa shape index (κ1) is 16.3. The third-order valence-corrected chi connectivity index (χ3v) is 4.01. The van der Waals surface area contributed by atoms with Gasteiger partial charge in [-0.05, 0) is 25.0 Å². The number of carbonyl (C=O) groups is 1. The maximum atomic E-state index is 12.1. The fourth-order valence-corrected chi connectivity index (χ4v) is 2.50. The monoisotopic (exact) mass is 295 g/mol. The zero-order chi connectivity index (χ0) is 16.2. The summed E-state index contributed by atoms with van der Waals surface area (Å²) < 4.78 is 0. The highest BCUT2D eigenvalue weighted by molar-refractivity contribution is 5.78. The second-order valence-electron chi connectivity index (χ2n) is 6.69. The van der Waals surface area contributed by atoms with Crippen LogP contribution in [-0.4, -0.2) is 12.5 Å². The second-order valence-corrected chi connectivity index (χ2v) is 6.69. The van der Waals surface area contributed by atoms with Gasteiger partial charge in [-0.25, -0.2) is 0 Å². The zero-order valence-electron chi connectivity index (χ0n) is 13.9. The molecule has 0 bridgehead atoms. The van der Waals surface area contributed by atoms with Crippen LogP contribution in [0.4, 0.5) is 0 Å². The summed E-state index contributed by atoms with van der Waals surface area (Å²) in [5.74, 6) is 0.0748. The highest BCUT2D eigenvalue weighted by Gasteiger charge is 2.21. The average Bonchev–Trinajstić information content (AvgIpc) is 2.46. The van der Waals surface area contributed by atoms with Crippen molar-refractivity contribution in [1.29, 1.82) is 0 Å². The fourth-order valence-electron chi connectivity index (χ4n) is 2.50. The number of benzene rings is 2. The van der Waals surface area contributed by atoms with E-state index in [2.05, 4.69) is 56.4 Å². The minimum absolute atomic E-state index is 0.0734. The smallest absolute Gasteiger partial charge is 0.224 e. The molecule has 0 aliphatic heterocycles. The van der Waals surface area contributed by atoms with Crippen LogP contribution in [0, 0.1) is 13.8 Å². The molecule has 2 rings (SSSR count). The molecule has 0 heterocycles. The highest BCUT2D eigenvalue weighted by Crippen LogP contribution is 2.22. The van der Waals surface area contributed by atoms with Gasteiger partial charge in [0.25, 0.3) is 0 Å². The zero-order valence-corrected chi connectivity index (χ0v) is 13.9. The molecule has 0 saturated carbocycles. The van der Waals surface area contributed by atoms with Crippen molar-refractivity contribution in [1.82, 2.24) is 5.32 Å². The Morgan fingerprint density at radius 1 is 1.00 bits per heavy atom. The lowest BCUT2D eigenvalue weighted by Gasteiger charge is -2.26. The highest BCUT2D eigenvalue weighted by atomic mass is 16.1. The third-order valence-electron chi connectivity index (χ3n) is 4.01. The predicted molar refractivity (Wildman–Crippen MR) is 92.1 cm³/mol. The molecule has 1 amide bonds. The minimum Gasteiger partial charge on any atom is -0.355 e. The van der Waals surface area contributed by atoms with Crippen molar-refractivity contribution in [3.05, 3.63) is 70.8 Å². The lowest BCUT2D eigenvalue weighted by Crippen LogP contribution is -2.37. The van der Waals surface area contributed by atoms with Crippen LogP contribution in [0.5, 0.6) is 0 Å². The molecule has 0 unspecified atom stereocenters. The molecule has 0 atom stereocenters. The number of nitrogens with one attached hydrogen (secondary N) is 1. The lowest BCUT2D eigenvalue weighted by atomic mass is 9.84. The van der Waals surface area contributed by atoms with Crippen LogP contribution in [0.3, 0.4) is 0 Å². The van der Waals surface area contributed by atoms with E-state index >= 15 is 0 Å². The van der Waals surface area contributed by atoms with E-state index in [1.54, 1.807) is 0 Å². The van der Waals surface area contributed by atoms with Crippen LogP contribution in [0.2, 0.25) is 0 Å². The van der Waals surface area contributed by atoms with E-state index in [0.29, 0.717) is 13.0 Å². The van der Waals surface area contributed by atoms with Crippen LogP contribution < -0.4 is 5.32 Å². The van der Waals surface area contributed by atoms with Crippen molar-refractivity contribution < 1.29 is 4.79 Å². The molecule has 2 aromatic rings. The van der Waals surface area contributed by atoms with Crippen molar-refractivity contribution >= 4 is 5.91 Å². The standard InChI is InChI=1S/C20H25NO/c1-15-8-10-18(11-9-15)20(3,4)14-21-19(22)13-17-7-5-6-16(2)12-17/h5-12H,13-14H2,1-4H3,(H,21,22). The molecule has 2 nitrogen and oxygen atoms in total. The maximum absolute atomic E-state index is 12.1. The Kier molecular flexibility index (Phi) is 5.02. The first-order valence-corrected chi connectivity index (χ1v) is 7.76. The Bertz CT molecular complexity index is 641. The first-order valence-electron chi connectivity index (χ1n) is 7.76. The average molecular weight is 295 g/mol. The van der Waals surface area contributed by atoms with Gasteiger partial charge in [0.05, 0.1) is 6.42 Å². The van der Waals surface area contributed by atoms with Crippen LogP contribution in [0.1, 0.15) is 36.1 Å². The van der Waals surface area contributed by atoms with Crippen LogP contribution in [0.15, 0.2) is 48.5 Å². The van der Waals surface area contributed by atoms with Crippen molar-refractivity contribution in [2.45, 2.75) is 39.5 Å². The van der Waals surface area contributed by atoms with Crippen molar-refractivity contribution in [3.63, 3.8) is 0 Å². The summed E-state index contributed by atoms with van der Waals surface area (Å²) in [6.07, 6.45) is 0.436. The van der Waals surface area contributed by atoms with Crippen molar-refractivity contribution in [2.75, 3.05) is 6.54 Å². The van der Waals surface area contributed by atoms with E-state index < -0.39 is 0 Å². The molecule has 0 aromatic heterocycles.